The third-order valence-corrected chi connectivity index (χ3v) is 3.84. The number of unbranched alkanes of at least 4 members (excludes halogenated alkanes) is 1. The van der Waals surface area contributed by atoms with Crippen LogP contribution in [0.25, 0.3) is 0 Å². The molecule has 0 aromatic heterocycles. The molecule has 0 aliphatic carbocycles. The van der Waals surface area contributed by atoms with Gasteiger partial charge in [0.1, 0.15) is 12.0 Å². The normalized spacial score (nSPS) is 12.1. The molecule has 17 heavy (non-hydrogen) atoms. The zero-order valence-corrected chi connectivity index (χ0v) is 11.3. The predicted molar refractivity (Wildman–Crippen MR) is 72.8 cm³/mol. The molecule has 1 aromatic carbocycles. The molecule has 0 bridgehead atoms. The molecule has 0 radical (unpaired) electrons. The van der Waals surface area contributed by atoms with Crippen molar-refractivity contribution in [3.05, 3.63) is 24.3 Å². The molecule has 1 rings (SSSR count). The first-order valence-electron chi connectivity index (χ1n) is 6.02. The molecule has 0 saturated carbocycles. The van der Waals surface area contributed by atoms with E-state index < -0.39 is 0 Å². The van der Waals surface area contributed by atoms with Gasteiger partial charge in [-0.15, -0.1) is 11.8 Å². The lowest BCUT2D eigenvalue weighted by molar-refractivity contribution is -0.110. The number of thioether (sulfide) groups is 1. The van der Waals surface area contributed by atoms with Gasteiger partial charge in [0.15, 0.2) is 0 Å². The second kappa shape index (κ2) is 8.18. The Morgan fingerprint density at radius 3 is 2.59 bits per heavy atom. The van der Waals surface area contributed by atoms with E-state index in [1.54, 1.807) is 18.9 Å². The van der Waals surface area contributed by atoms with Crippen LogP contribution in [-0.4, -0.2) is 19.1 Å². The zero-order valence-electron chi connectivity index (χ0n) is 10.5. The summed E-state index contributed by atoms with van der Waals surface area (Å²) < 4.78 is 5.10. The number of hydrogen-bond donors (Lipinski definition) is 0. The molecule has 1 unspecified atom stereocenters. The largest absolute Gasteiger partial charge is 0.497 e. The highest BCUT2D eigenvalue weighted by Gasteiger charge is 2.07. The number of ether oxygens (including phenoxy) is 1. The lowest BCUT2D eigenvalue weighted by atomic mass is 10.1. The first-order chi connectivity index (χ1) is 8.30. The van der Waals surface area contributed by atoms with Crippen molar-refractivity contribution in [2.45, 2.75) is 31.1 Å². The van der Waals surface area contributed by atoms with Gasteiger partial charge in [0, 0.05) is 16.6 Å². The third kappa shape index (κ3) is 5.26. The lowest BCUT2D eigenvalue weighted by Crippen LogP contribution is -2.04. The van der Waals surface area contributed by atoms with Crippen molar-refractivity contribution in [1.82, 2.24) is 0 Å². The minimum absolute atomic E-state index is 0.182. The van der Waals surface area contributed by atoms with Gasteiger partial charge < -0.3 is 9.53 Å². The smallest absolute Gasteiger partial charge is 0.123 e. The van der Waals surface area contributed by atoms with Gasteiger partial charge >= 0.3 is 0 Å². The van der Waals surface area contributed by atoms with E-state index in [0.717, 1.165) is 37.1 Å². The van der Waals surface area contributed by atoms with Crippen LogP contribution in [0.1, 0.15) is 26.2 Å². The highest BCUT2D eigenvalue weighted by Crippen LogP contribution is 2.24. The Bertz CT molecular complexity index is 321. The summed E-state index contributed by atoms with van der Waals surface area (Å²) >= 11 is 1.74. The van der Waals surface area contributed by atoms with Crippen molar-refractivity contribution in [2.75, 3.05) is 12.9 Å². The van der Waals surface area contributed by atoms with E-state index in [4.69, 9.17) is 4.74 Å². The summed E-state index contributed by atoms with van der Waals surface area (Å²) in [5.41, 5.74) is 0. The standard InChI is InChI=1S/C14H20O2S/c1-3-4-5-12(10-15)11-17-14-8-6-13(16-2)7-9-14/h6-10,12H,3-5,11H2,1-2H3. The summed E-state index contributed by atoms with van der Waals surface area (Å²) in [7, 11) is 1.66. The van der Waals surface area contributed by atoms with Gasteiger partial charge in [0.05, 0.1) is 7.11 Å². The molecule has 1 aromatic rings. The maximum atomic E-state index is 10.9. The molecule has 2 nitrogen and oxygen atoms in total. The molecule has 0 saturated heterocycles. The van der Waals surface area contributed by atoms with Crippen LogP contribution in [-0.2, 0) is 4.79 Å². The fourth-order valence-electron chi connectivity index (χ4n) is 1.53. The average molecular weight is 252 g/mol. The molecular formula is C14H20O2S. The SMILES string of the molecule is CCCCC(C=O)CSc1ccc(OC)cc1. The van der Waals surface area contributed by atoms with E-state index in [1.165, 1.54) is 4.90 Å². The first-order valence-corrected chi connectivity index (χ1v) is 7.00. The van der Waals surface area contributed by atoms with Gasteiger partial charge in [-0.3, -0.25) is 0 Å². The maximum Gasteiger partial charge on any atom is 0.123 e. The Labute approximate surface area is 108 Å². The molecular weight excluding hydrogens is 232 g/mol. The van der Waals surface area contributed by atoms with Crippen LogP contribution in [0, 0.1) is 5.92 Å². The number of benzene rings is 1. The molecule has 0 heterocycles. The van der Waals surface area contributed by atoms with Crippen molar-refractivity contribution in [3.63, 3.8) is 0 Å². The molecule has 0 fully saturated rings. The van der Waals surface area contributed by atoms with Crippen molar-refractivity contribution in [2.24, 2.45) is 5.92 Å². The first kappa shape index (κ1) is 14.1. The van der Waals surface area contributed by atoms with Gasteiger partial charge in [-0.2, -0.15) is 0 Å². The van der Waals surface area contributed by atoms with Gasteiger partial charge in [0.2, 0.25) is 0 Å². The summed E-state index contributed by atoms with van der Waals surface area (Å²) in [5.74, 6) is 1.92. The van der Waals surface area contributed by atoms with Gasteiger partial charge in [0.25, 0.3) is 0 Å². The molecule has 1 atom stereocenters. The molecule has 0 amide bonds. The van der Waals surface area contributed by atoms with Crippen LogP contribution in [0.3, 0.4) is 0 Å². The van der Waals surface area contributed by atoms with E-state index >= 15 is 0 Å². The Balaban J connectivity index is 2.39. The molecule has 0 aliphatic heterocycles. The van der Waals surface area contributed by atoms with Gasteiger partial charge in [-0.1, -0.05) is 19.8 Å². The Kier molecular flexibility index (Phi) is 6.78. The van der Waals surface area contributed by atoms with E-state index in [2.05, 4.69) is 6.92 Å². The number of carbonyl (C=O) groups excluding carboxylic acids is 1. The number of rotatable bonds is 8. The van der Waals surface area contributed by atoms with Crippen LogP contribution in [0.2, 0.25) is 0 Å². The second-order valence-electron chi connectivity index (χ2n) is 4.02. The van der Waals surface area contributed by atoms with E-state index in [0.29, 0.717) is 0 Å². The Morgan fingerprint density at radius 1 is 1.35 bits per heavy atom. The van der Waals surface area contributed by atoms with Gasteiger partial charge in [-0.05, 0) is 30.7 Å². The highest BCUT2D eigenvalue weighted by atomic mass is 32.2. The molecule has 3 heteroatoms. The van der Waals surface area contributed by atoms with Crippen molar-refractivity contribution >= 4 is 18.0 Å². The van der Waals surface area contributed by atoms with E-state index in [-0.39, 0.29) is 5.92 Å². The Hall–Kier alpha value is -0.960. The quantitative estimate of drug-likeness (QED) is 0.520. The summed E-state index contributed by atoms with van der Waals surface area (Å²) in [4.78, 5) is 12.1. The fraction of sp³-hybridized carbons (Fsp3) is 0.500. The van der Waals surface area contributed by atoms with Crippen molar-refractivity contribution < 1.29 is 9.53 Å². The van der Waals surface area contributed by atoms with Gasteiger partial charge in [-0.25, -0.2) is 0 Å². The van der Waals surface area contributed by atoms with E-state index in [9.17, 15) is 4.79 Å². The summed E-state index contributed by atoms with van der Waals surface area (Å²) in [6.45, 7) is 2.15. The highest BCUT2D eigenvalue weighted by molar-refractivity contribution is 7.99. The van der Waals surface area contributed by atoms with Crippen LogP contribution < -0.4 is 4.74 Å². The average Bonchev–Trinajstić information content (AvgIpc) is 2.39. The predicted octanol–water partition coefficient (Wildman–Crippen LogP) is 3.79. The zero-order chi connectivity index (χ0) is 12.5. The summed E-state index contributed by atoms with van der Waals surface area (Å²) in [6.07, 6.45) is 4.37. The number of hydrogen-bond acceptors (Lipinski definition) is 3. The topological polar surface area (TPSA) is 26.3 Å². The minimum atomic E-state index is 0.182. The maximum absolute atomic E-state index is 10.9. The Morgan fingerprint density at radius 2 is 2.06 bits per heavy atom. The van der Waals surface area contributed by atoms with Crippen LogP contribution in [0.5, 0.6) is 5.75 Å². The monoisotopic (exact) mass is 252 g/mol. The second-order valence-corrected chi connectivity index (χ2v) is 5.12. The molecule has 0 N–H and O–H groups in total. The number of methoxy groups -OCH3 is 1. The van der Waals surface area contributed by atoms with Crippen molar-refractivity contribution in [3.8, 4) is 5.75 Å². The van der Waals surface area contributed by atoms with E-state index in [1.807, 2.05) is 24.3 Å². The fourth-order valence-corrected chi connectivity index (χ4v) is 2.51. The molecule has 94 valence electrons. The van der Waals surface area contributed by atoms with Crippen molar-refractivity contribution in [1.29, 1.82) is 0 Å². The summed E-state index contributed by atoms with van der Waals surface area (Å²) in [5, 5.41) is 0. The van der Waals surface area contributed by atoms with Crippen LogP contribution >= 0.6 is 11.8 Å². The molecule has 0 spiro atoms. The van der Waals surface area contributed by atoms with Crippen LogP contribution in [0.4, 0.5) is 0 Å². The number of aldehydes is 1. The third-order valence-electron chi connectivity index (χ3n) is 2.64. The van der Waals surface area contributed by atoms with Crippen LogP contribution in [0.15, 0.2) is 29.2 Å². The molecule has 0 aliphatic rings. The number of carbonyl (C=O) groups is 1. The lowest BCUT2D eigenvalue weighted by Gasteiger charge is -2.09. The summed E-state index contributed by atoms with van der Waals surface area (Å²) in [6, 6.07) is 7.96. The minimum Gasteiger partial charge on any atom is -0.497 e.